The molecule has 5 nitrogen and oxygen atoms in total. The predicted molar refractivity (Wildman–Crippen MR) is 145 cm³/mol. The summed E-state index contributed by atoms with van der Waals surface area (Å²) in [6.45, 7) is 3.70. The molecule has 5 heteroatoms. The lowest BCUT2D eigenvalue weighted by atomic mass is 10.1. The molecule has 2 aromatic heterocycles. The number of hydrogen-bond donors (Lipinski definition) is 0. The maximum Gasteiger partial charge on any atom is 0.118 e. The fourth-order valence-corrected chi connectivity index (χ4v) is 4.06. The van der Waals surface area contributed by atoms with Crippen LogP contribution in [0.4, 0.5) is 0 Å². The first-order chi connectivity index (χ1) is 17.1. The van der Waals surface area contributed by atoms with E-state index >= 15 is 0 Å². The normalized spacial score (nSPS) is 11.7. The molecule has 0 N–H and O–H groups in total. The third-order valence-corrected chi connectivity index (χ3v) is 5.93. The molecule has 0 atom stereocenters. The van der Waals surface area contributed by atoms with Gasteiger partial charge in [-0.3, -0.25) is 14.9 Å². The van der Waals surface area contributed by atoms with Gasteiger partial charge in [0.05, 0.1) is 24.0 Å². The van der Waals surface area contributed by atoms with Crippen molar-refractivity contribution >= 4 is 23.1 Å². The molecule has 35 heavy (non-hydrogen) atoms. The van der Waals surface area contributed by atoms with Gasteiger partial charge in [0.1, 0.15) is 5.75 Å². The van der Waals surface area contributed by atoms with Gasteiger partial charge in [-0.1, -0.05) is 42.5 Å². The summed E-state index contributed by atoms with van der Waals surface area (Å²) in [5, 5.41) is 1.15. The van der Waals surface area contributed by atoms with E-state index in [2.05, 4.69) is 95.6 Å². The highest BCUT2D eigenvalue weighted by Crippen LogP contribution is 2.19. The van der Waals surface area contributed by atoms with Gasteiger partial charge in [-0.2, -0.15) is 0 Å². The zero-order valence-electron chi connectivity index (χ0n) is 20.9. The van der Waals surface area contributed by atoms with Crippen molar-refractivity contribution in [1.29, 1.82) is 0 Å². The fourth-order valence-electron chi connectivity index (χ4n) is 4.06. The summed E-state index contributed by atoms with van der Waals surface area (Å²) in [4.78, 5) is 14.2. The Hall–Kier alpha value is -3.54. The van der Waals surface area contributed by atoms with E-state index in [0.717, 1.165) is 71.8 Å². The van der Waals surface area contributed by atoms with Crippen LogP contribution in [0.25, 0.3) is 23.1 Å². The van der Waals surface area contributed by atoms with Gasteiger partial charge >= 0.3 is 0 Å². The molecule has 0 radical (unpaired) electrons. The highest BCUT2D eigenvalue weighted by Gasteiger charge is 2.10. The van der Waals surface area contributed by atoms with E-state index in [1.165, 1.54) is 0 Å². The molecule has 0 amide bonds. The molecule has 2 aromatic carbocycles. The van der Waals surface area contributed by atoms with Crippen LogP contribution in [-0.2, 0) is 13.1 Å². The second kappa shape index (κ2) is 12.2. The number of fused-ring (bicyclic) bond motifs is 1. The van der Waals surface area contributed by atoms with Crippen molar-refractivity contribution in [1.82, 2.24) is 19.8 Å². The molecule has 0 saturated carbocycles. The lowest BCUT2D eigenvalue weighted by Crippen LogP contribution is -2.27. The quantitative estimate of drug-likeness (QED) is 0.263. The first-order valence-electron chi connectivity index (χ1n) is 12.1. The van der Waals surface area contributed by atoms with Gasteiger partial charge in [-0.15, -0.1) is 0 Å². The van der Waals surface area contributed by atoms with Crippen molar-refractivity contribution in [3.63, 3.8) is 0 Å². The van der Waals surface area contributed by atoms with Crippen LogP contribution in [0, 0.1) is 0 Å². The number of hydrogen-bond acceptors (Lipinski definition) is 5. The van der Waals surface area contributed by atoms with Crippen LogP contribution in [0.5, 0.6) is 5.75 Å². The molecule has 0 aliphatic carbocycles. The Labute approximate surface area is 208 Å². The summed E-state index contributed by atoms with van der Waals surface area (Å²) in [6, 6.07) is 24.9. The predicted octanol–water partition coefficient (Wildman–Crippen LogP) is 5.76. The van der Waals surface area contributed by atoms with Crippen LogP contribution in [0.2, 0.25) is 0 Å². The summed E-state index contributed by atoms with van der Waals surface area (Å²) in [5.74, 6) is 0.867. The molecule has 0 saturated heterocycles. The van der Waals surface area contributed by atoms with Crippen LogP contribution in [0.3, 0.4) is 0 Å². The monoisotopic (exact) mass is 466 g/mol. The summed E-state index contributed by atoms with van der Waals surface area (Å²) < 4.78 is 5.23. The van der Waals surface area contributed by atoms with E-state index in [9.17, 15) is 0 Å². The first kappa shape index (κ1) is 24.6. The summed E-state index contributed by atoms with van der Waals surface area (Å²) in [7, 11) is 5.92. The molecule has 0 spiro atoms. The zero-order valence-corrected chi connectivity index (χ0v) is 20.9. The third kappa shape index (κ3) is 7.47. The number of aromatic nitrogens is 2. The topological polar surface area (TPSA) is 41.5 Å². The molecule has 180 valence electrons. The zero-order chi connectivity index (χ0) is 24.5. The number of nitrogens with zero attached hydrogens (tertiary/aromatic N) is 4. The molecule has 4 aromatic rings. The Balaban J connectivity index is 1.46. The van der Waals surface area contributed by atoms with E-state index in [4.69, 9.17) is 9.72 Å². The van der Waals surface area contributed by atoms with Crippen LogP contribution >= 0.6 is 0 Å². The molecular weight excluding hydrogens is 432 g/mol. The lowest BCUT2D eigenvalue weighted by Gasteiger charge is -2.22. The van der Waals surface area contributed by atoms with Crippen molar-refractivity contribution < 1.29 is 4.74 Å². The number of rotatable bonds is 11. The van der Waals surface area contributed by atoms with Crippen molar-refractivity contribution in [2.24, 2.45) is 0 Å². The molecule has 2 heterocycles. The van der Waals surface area contributed by atoms with Crippen molar-refractivity contribution in [3.05, 3.63) is 102 Å². The smallest absolute Gasteiger partial charge is 0.118 e. The highest BCUT2D eigenvalue weighted by atomic mass is 16.5. The summed E-state index contributed by atoms with van der Waals surface area (Å²) in [6.07, 6.45) is 7.22. The molecule has 0 fully saturated rings. The van der Waals surface area contributed by atoms with E-state index in [0.29, 0.717) is 0 Å². The number of benzene rings is 2. The van der Waals surface area contributed by atoms with Crippen LogP contribution < -0.4 is 4.74 Å². The SMILES string of the molecule is COc1ccc(/C=C/c2ccc3nc(CN(CCCN(C)C)Cc4ccccn4)ccc3c2)cc1. The van der Waals surface area contributed by atoms with Gasteiger partial charge < -0.3 is 9.64 Å². The summed E-state index contributed by atoms with van der Waals surface area (Å²) in [5.41, 5.74) is 5.49. The van der Waals surface area contributed by atoms with Gasteiger partial charge in [0.2, 0.25) is 0 Å². The Kier molecular flexibility index (Phi) is 8.60. The van der Waals surface area contributed by atoms with E-state index in [1.807, 2.05) is 24.4 Å². The second-order valence-electron chi connectivity index (χ2n) is 9.05. The van der Waals surface area contributed by atoms with Crippen molar-refractivity contribution in [2.45, 2.75) is 19.5 Å². The van der Waals surface area contributed by atoms with Gasteiger partial charge in [0.25, 0.3) is 0 Å². The Morgan fingerprint density at radius 1 is 0.800 bits per heavy atom. The Bertz CT molecular complexity index is 1240. The minimum atomic E-state index is 0.805. The van der Waals surface area contributed by atoms with Crippen LogP contribution in [0.15, 0.2) is 79.0 Å². The minimum absolute atomic E-state index is 0.805. The van der Waals surface area contributed by atoms with Gasteiger partial charge in [0, 0.05) is 31.2 Å². The average Bonchev–Trinajstić information content (AvgIpc) is 2.88. The van der Waals surface area contributed by atoms with Crippen molar-refractivity contribution in [2.75, 3.05) is 34.3 Å². The fraction of sp³-hybridized carbons (Fsp3) is 0.267. The van der Waals surface area contributed by atoms with Gasteiger partial charge in [-0.05, 0) is 80.7 Å². The Morgan fingerprint density at radius 3 is 2.31 bits per heavy atom. The van der Waals surface area contributed by atoms with Crippen LogP contribution in [-0.4, -0.2) is 54.1 Å². The van der Waals surface area contributed by atoms with Crippen molar-refractivity contribution in [3.8, 4) is 5.75 Å². The summed E-state index contributed by atoms with van der Waals surface area (Å²) >= 11 is 0. The highest BCUT2D eigenvalue weighted by molar-refractivity contribution is 5.83. The maximum atomic E-state index is 5.23. The number of pyridine rings is 2. The second-order valence-corrected chi connectivity index (χ2v) is 9.05. The van der Waals surface area contributed by atoms with Gasteiger partial charge in [0.15, 0.2) is 0 Å². The Morgan fingerprint density at radius 2 is 1.57 bits per heavy atom. The van der Waals surface area contributed by atoms with E-state index < -0.39 is 0 Å². The lowest BCUT2D eigenvalue weighted by molar-refractivity contribution is 0.235. The van der Waals surface area contributed by atoms with E-state index in [1.54, 1.807) is 7.11 Å². The minimum Gasteiger partial charge on any atom is -0.497 e. The standard InChI is InChI=1S/C30H34N4O/c1-33(2)19-6-20-34(22-27-7-4-5-18-31-27)23-28-14-13-26-21-25(12-17-30(26)32-28)9-8-24-10-15-29(35-3)16-11-24/h4-5,7-18,21H,6,19-20,22-23H2,1-3H3/b9-8+. The molecule has 4 rings (SSSR count). The van der Waals surface area contributed by atoms with Gasteiger partial charge in [-0.25, -0.2) is 0 Å². The molecule has 0 unspecified atom stereocenters. The maximum absolute atomic E-state index is 5.23. The number of methoxy groups -OCH3 is 1. The molecule has 0 aliphatic rings. The molecular formula is C30H34N4O. The third-order valence-electron chi connectivity index (χ3n) is 5.93. The number of ether oxygens (including phenoxy) is 1. The van der Waals surface area contributed by atoms with Crippen LogP contribution in [0.1, 0.15) is 28.9 Å². The van der Waals surface area contributed by atoms with E-state index in [-0.39, 0.29) is 0 Å². The largest absolute Gasteiger partial charge is 0.497 e. The average molecular weight is 467 g/mol. The molecule has 0 bridgehead atoms. The first-order valence-corrected chi connectivity index (χ1v) is 12.1. The molecule has 0 aliphatic heterocycles.